The molecule has 1 N–H and O–H groups in total. The predicted molar refractivity (Wildman–Crippen MR) is 87.5 cm³/mol. The predicted octanol–water partition coefficient (Wildman–Crippen LogP) is -1.52. The molecule has 0 radical (unpaired) electrons. The van der Waals surface area contributed by atoms with E-state index in [0.717, 1.165) is 0 Å². The van der Waals surface area contributed by atoms with E-state index in [0.29, 0.717) is 11.4 Å². The van der Waals surface area contributed by atoms with Gasteiger partial charge in [0.25, 0.3) is 0 Å². The molecule has 0 aliphatic heterocycles. The van der Waals surface area contributed by atoms with Gasteiger partial charge < -0.3 is 20.0 Å². The number of hydrogen-bond donors (Lipinski definition) is 1. The molecule has 1 fully saturated rings. The third kappa shape index (κ3) is 4.23. The van der Waals surface area contributed by atoms with Gasteiger partial charge in [0.05, 0.1) is 0 Å². The molecule has 1 aromatic heterocycles. The first-order valence-corrected chi connectivity index (χ1v) is 8.04. The van der Waals surface area contributed by atoms with Gasteiger partial charge in [-0.2, -0.15) is 0 Å². The van der Waals surface area contributed by atoms with Gasteiger partial charge in [0.1, 0.15) is 5.75 Å². The van der Waals surface area contributed by atoms with E-state index in [1.54, 1.807) is 42.7 Å². The zero-order valence-corrected chi connectivity index (χ0v) is 16.9. The van der Waals surface area contributed by atoms with Crippen LogP contribution in [0, 0.1) is 23.7 Å². The number of nitrogens with one attached hydrogen (secondary N) is 1. The van der Waals surface area contributed by atoms with Crippen LogP contribution in [0.2, 0.25) is 0 Å². The van der Waals surface area contributed by atoms with Gasteiger partial charge in [0.15, 0.2) is 0 Å². The van der Waals surface area contributed by atoms with Crippen molar-refractivity contribution < 1.29 is 49.0 Å². The summed E-state index contributed by atoms with van der Waals surface area (Å²) >= 11 is 0. The number of anilines is 1. The minimum atomic E-state index is -1.18. The van der Waals surface area contributed by atoms with Gasteiger partial charge >= 0.3 is 35.6 Å². The number of carboxylic acids is 1. The van der Waals surface area contributed by atoms with Gasteiger partial charge in [-0.05, 0) is 30.0 Å². The van der Waals surface area contributed by atoms with E-state index >= 15 is 0 Å². The number of hydrogen-bond acceptors (Lipinski definition) is 6. The molecule has 8 heteroatoms. The van der Waals surface area contributed by atoms with Crippen molar-refractivity contribution >= 4 is 17.6 Å². The number of carboxylic acid groups (broad SMARTS) is 1. The van der Waals surface area contributed by atoms with Gasteiger partial charge in [-0.1, -0.05) is 19.9 Å². The monoisotopic (exact) mass is 363 g/mol. The van der Waals surface area contributed by atoms with E-state index in [9.17, 15) is 14.7 Å². The van der Waals surface area contributed by atoms with Gasteiger partial charge in [-0.25, -0.2) is 9.97 Å². The quantitative estimate of drug-likeness (QED) is 0.647. The Kier molecular flexibility index (Phi) is 6.75. The number of ether oxygens (including phenoxy) is 1. The molecule has 26 heavy (non-hydrogen) atoms. The van der Waals surface area contributed by atoms with Crippen molar-refractivity contribution in [2.75, 3.05) is 5.32 Å². The summed E-state index contributed by atoms with van der Waals surface area (Å²) in [5, 5.41) is 14.0. The fourth-order valence-corrected chi connectivity index (χ4v) is 3.23. The van der Waals surface area contributed by atoms with Crippen molar-refractivity contribution in [2.24, 2.45) is 23.7 Å². The molecule has 1 aliphatic rings. The smallest absolute Gasteiger partial charge is 0.550 e. The Morgan fingerprint density at radius 2 is 1.73 bits per heavy atom. The van der Waals surface area contributed by atoms with E-state index in [1.807, 2.05) is 13.8 Å². The van der Waals surface area contributed by atoms with Crippen molar-refractivity contribution in [1.82, 2.24) is 9.97 Å². The molecular weight excluding hydrogens is 345 g/mol. The molecule has 2 unspecified atom stereocenters. The van der Waals surface area contributed by atoms with Crippen LogP contribution < -0.4 is 44.7 Å². The van der Waals surface area contributed by atoms with Crippen molar-refractivity contribution in [3.05, 3.63) is 42.7 Å². The first-order valence-electron chi connectivity index (χ1n) is 8.04. The van der Waals surface area contributed by atoms with E-state index in [4.69, 9.17) is 4.74 Å². The minimum absolute atomic E-state index is 0. The summed E-state index contributed by atoms with van der Waals surface area (Å²) in [6.45, 7) is 3.70. The number of aromatic nitrogens is 2. The number of amides is 1. The zero-order valence-electron chi connectivity index (χ0n) is 14.9. The van der Waals surface area contributed by atoms with E-state index in [2.05, 4.69) is 15.3 Å². The summed E-state index contributed by atoms with van der Waals surface area (Å²) in [6, 6.07) is 8.65. The summed E-state index contributed by atoms with van der Waals surface area (Å²) in [5.41, 5.74) is 0.516. The first kappa shape index (κ1) is 20.4. The first-order chi connectivity index (χ1) is 12.0. The van der Waals surface area contributed by atoms with E-state index < -0.39 is 17.8 Å². The Morgan fingerprint density at radius 1 is 1.08 bits per heavy atom. The molecule has 0 saturated heterocycles. The molecule has 2 aromatic rings. The van der Waals surface area contributed by atoms with Crippen LogP contribution in [-0.2, 0) is 9.59 Å². The molecule has 3 rings (SSSR count). The molecular formula is C18H18N3NaO4. The second kappa shape index (κ2) is 8.62. The Morgan fingerprint density at radius 3 is 2.38 bits per heavy atom. The van der Waals surface area contributed by atoms with Gasteiger partial charge in [-0.3, -0.25) is 4.79 Å². The average molecular weight is 363 g/mol. The Bertz CT molecular complexity index is 787. The third-order valence-corrected chi connectivity index (χ3v) is 4.78. The fraction of sp³-hybridized carbons (Fsp3) is 0.333. The molecule has 1 aliphatic carbocycles. The number of nitrogens with zero attached hydrogens (tertiary/aromatic N) is 2. The second-order valence-corrected chi connectivity index (χ2v) is 6.24. The minimum Gasteiger partial charge on any atom is -0.550 e. The van der Waals surface area contributed by atoms with E-state index in [-0.39, 0.29) is 53.3 Å². The normalized spacial score (nSPS) is 23.9. The fourth-order valence-electron chi connectivity index (χ4n) is 3.23. The van der Waals surface area contributed by atoms with E-state index in [1.165, 1.54) is 0 Å². The molecule has 1 heterocycles. The standard InChI is InChI=1S/C18H19N3O4.Na/c1-10-11(2)15(17(23)24)14(10)16(22)21-12-5-3-6-13(9-12)25-18-19-7-4-8-20-18;/h3-11,14-15H,1-2H3,(H,21,22)(H,23,24);/q;+1/p-1/t10?,11?,14-,15+;/m0./s1. The van der Waals surface area contributed by atoms with Gasteiger partial charge in [0, 0.05) is 42.0 Å². The summed E-state index contributed by atoms with van der Waals surface area (Å²) in [7, 11) is 0. The van der Waals surface area contributed by atoms with Crippen LogP contribution in [0.15, 0.2) is 42.7 Å². The number of benzene rings is 1. The average Bonchev–Trinajstić information content (AvgIpc) is 2.59. The summed E-state index contributed by atoms with van der Waals surface area (Å²) < 4.78 is 5.52. The maximum Gasteiger partial charge on any atom is 1.00 e. The molecule has 1 saturated carbocycles. The molecule has 1 aromatic carbocycles. The SMILES string of the molecule is CC1C(C)[C@H](C(=O)Nc2cccc(Oc3ncccn3)c2)[C@@H]1C(=O)[O-].[Na+]. The Hall–Kier alpha value is -1.96. The Labute approximate surface area is 173 Å². The molecule has 1 amide bonds. The van der Waals surface area contributed by atoms with Crippen molar-refractivity contribution in [3.63, 3.8) is 0 Å². The number of aliphatic carboxylic acids is 1. The van der Waals surface area contributed by atoms with Crippen LogP contribution in [0.5, 0.6) is 11.8 Å². The molecule has 7 nitrogen and oxygen atoms in total. The molecule has 4 atom stereocenters. The van der Waals surface area contributed by atoms with Gasteiger partial charge in [0.2, 0.25) is 5.91 Å². The topological polar surface area (TPSA) is 104 Å². The second-order valence-electron chi connectivity index (χ2n) is 6.24. The number of carbonyl (C=O) groups excluding carboxylic acids is 2. The van der Waals surface area contributed by atoms with Crippen molar-refractivity contribution in [3.8, 4) is 11.8 Å². The number of rotatable bonds is 5. The van der Waals surface area contributed by atoms with Crippen LogP contribution in [-0.4, -0.2) is 21.8 Å². The summed E-state index contributed by atoms with van der Waals surface area (Å²) in [4.78, 5) is 31.6. The molecule has 130 valence electrons. The zero-order chi connectivity index (χ0) is 18.0. The summed E-state index contributed by atoms with van der Waals surface area (Å²) in [6.07, 6.45) is 3.13. The maximum absolute atomic E-state index is 12.5. The van der Waals surface area contributed by atoms with Crippen molar-refractivity contribution in [1.29, 1.82) is 0 Å². The van der Waals surface area contributed by atoms with Crippen molar-refractivity contribution in [2.45, 2.75) is 13.8 Å². The Balaban J connectivity index is 0.00000243. The third-order valence-electron chi connectivity index (χ3n) is 4.78. The summed E-state index contributed by atoms with van der Waals surface area (Å²) in [5.74, 6) is -2.48. The molecule has 0 bridgehead atoms. The van der Waals surface area contributed by atoms with Crippen LogP contribution in [0.3, 0.4) is 0 Å². The van der Waals surface area contributed by atoms with Crippen LogP contribution in [0.4, 0.5) is 5.69 Å². The largest absolute Gasteiger partial charge is 1.00 e. The number of carbonyl (C=O) groups is 2. The maximum atomic E-state index is 12.5. The van der Waals surface area contributed by atoms with Crippen LogP contribution in [0.1, 0.15) is 13.8 Å². The van der Waals surface area contributed by atoms with Crippen LogP contribution >= 0.6 is 0 Å². The molecule has 0 spiro atoms. The van der Waals surface area contributed by atoms with Crippen LogP contribution in [0.25, 0.3) is 0 Å². The van der Waals surface area contributed by atoms with Gasteiger partial charge in [-0.15, -0.1) is 0 Å².